The summed E-state index contributed by atoms with van der Waals surface area (Å²) in [5.74, 6) is 0.362. The van der Waals surface area contributed by atoms with Crippen LogP contribution in [-0.4, -0.2) is 41.3 Å². The average Bonchev–Trinajstić information content (AvgIpc) is 3.23. The normalized spacial score (nSPS) is 10.8. The monoisotopic (exact) mass is 422 g/mol. The van der Waals surface area contributed by atoms with Crippen molar-refractivity contribution in [2.45, 2.75) is 31.3 Å². The molecule has 0 unspecified atom stereocenters. The number of aromatic amines is 1. The maximum absolute atomic E-state index is 12.2. The van der Waals surface area contributed by atoms with Crippen LogP contribution in [0.1, 0.15) is 26.2 Å². The Balaban J connectivity index is 1.56. The second-order valence-electron chi connectivity index (χ2n) is 7.09. The number of hydrogen-bond donors (Lipinski definition) is 3. The van der Waals surface area contributed by atoms with Crippen LogP contribution < -0.4 is 10.6 Å². The van der Waals surface area contributed by atoms with E-state index in [-0.39, 0.29) is 5.91 Å². The summed E-state index contributed by atoms with van der Waals surface area (Å²) < 4.78 is 0. The molecule has 6 heteroatoms. The van der Waals surface area contributed by atoms with Crippen LogP contribution in [0.3, 0.4) is 0 Å². The average molecular weight is 423 g/mol. The van der Waals surface area contributed by atoms with E-state index in [0.29, 0.717) is 12.3 Å². The van der Waals surface area contributed by atoms with Gasteiger partial charge in [0.15, 0.2) is 5.16 Å². The van der Waals surface area contributed by atoms with Gasteiger partial charge < -0.3 is 15.6 Å². The molecule has 0 aliphatic carbocycles. The lowest BCUT2D eigenvalue weighted by atomic mass is 10.1. The Hall–Kier alpha value is -2.57. The molecule has 0 spiro atoms. The maximum atomic E-state index is 12.2. The number of imidazole rings is 1. The standard InChI is InChI=1S/C24H30N4OS/c1-2-3-10-15-25-16-17-26-21(29)18-30-24-27-22(19-11-6-4-7-12-19)23(28-24)20-13-8-5-9-14-20/h4-9,11-14,25H,2-3,10,15-18H2,1H3,(H,26,29)(H,27,28). The summed E-state index contributed by atoms with van der Waals surface area (Å²) in [6.45, 7) is 4.66. The number of benzene rings is 2. The molecule has 1 amide bonds. The number of carbonyl (C=O) groups excluding carboxylic acids is 1. The first-order valence-electron chi connectivity index (χ1n) is 10.6. The highest BCUT2D eigenvalue weighted by Crippen LogP contribution is 2.32. The van der Waals surface area contributed by atoms with Gasteiger partial charge in [0.1, 0.15) is 0 Å². The lowest BCUT2D eigenvalue weighted by Gasteiger charge is -2.06. The molecule has 3 rings (SSSR count). The second kappa shape index (κ2) is 12.2. The minimum absolute atomic E-state index is 0.0225. The molecule has 0 saturated heterocycles. The number of nitrogens with zero attached hydrogens (tertiary/aromatic N) is 1. The van der Waals surface area contributed by atoms with Crippen molar-refractivity contribution in [3.8, 4) is 22.5 Å². The molecule has 5 nitrogen and oxygen atoms in total. The van der Waals surface area contributed by atoms with E-state index in [1.165, 1.54) is 31.0 Å². The maximum Gasteiger partial charge on any atom is 0.230 e. The molecular formula is C24H30N4OS. The van der Waals surface area contributed by atoms with Crippen molar-refractivity contribution in [3.05, 3.63) is 60.7 Å². The first kappa shape index (κ1) is 22.1. The van der Waals surface area contributed by atoms with Gasteiger partial charge in [-0.05, 0) is 13.0 Å². The quantitative estimate of drug-likeness (QED) is 0.291. The molecule has 0 bridgehead atoms. The van der Waals surface area contributed by atoms with E-state index < -0.39 is 0 Å². The van der Waals surface area contributed by atoms with Crippen LogP contribution in [0.4, 0.5) is 0 Å². The van der Waals surface area contributed by atoms with Gasteiger partial charge in [-0.3, -0.25) is 4.79 Å². The lowest BCUT2D eigenvalue weighted by molar-refractivity contribution is -0.118. The van der Waals surface area contributed by atoms with Crippen LogP contribution in [-0.2, 0) is 4.79 Å². The molecule has 1 heterocycles. The zero-order valence-corrected chi connectivity index (χ0v) is 18.3. The van der Waals surface area contributed by atoms with E-state index in [4.69, 9.17) is 4.98 Å². The number of unbranched alkanes of at least 4 members (excludes halogenated alkanes) is 2. The third kappa shape index (κ3) is 6.75. The first-order chi connectivity index (χ1) is 14.8. The van der Waals surface area contributed by atoms with E-state index in [0.717, 1.165) is 40.8 Å². The fourth-order valence-electron chi connectivity index (χ4n) is 3.14. The lowest BCUT2D eigenvalue weighted by Crippen LogP contribution is -2.33. The Labute approximate surface area is 183 Å². The summed E-state index contributed by atoms with van der Waals surface area (Å²) in [6, 6.07) is 20.3. The molecule has 3 aromatic rings. The largest absolute Gasteiger partial charge is 0.354 e. The van der Waals surface area contributed by atoms with Gasteiger partial charge in [-0.15, -0.1) is 0 Å². The van der Waals surface area contributed by atoms with Crippen LogP contribution in [0.5, 0.6) is 0 Å². The van der Waals surface area contributed by atoms with Crippen molar-refractivity contribution >= 4 is 17.7 Å². The van der Waals surface area contributed by atoms with Crippen LogP contribution in [0.2, 0.25) is 0 Å². The number of aromatic nitrogens is 2. The van der Waals surface area contributed by atoms with Gasteiger partial charge in [0.05, 0.1) is 17.1 Å². The summed E-state index contributed by atoms with van der Waals surface area (Å²) in [4.78, 5) is 20.4. The Kier molecular flexibility index (Phi) is 9.00. The fourth-order valence-corrected chi connectivity index (χ4v) is 3.84. The van der Waals surface area contributed by atoms with Crippen molar-refractivity contribution in [1.82, 2.24) is 20.6 Å². The van der Waals surface area contributed by atoms with Gasteiger partial charge >= 0.3 is 0 Å². The second-order valence-corrected chi connectivity index (χ2v) is 8.06. The molecule has 0 radical (unpaired) electrons. The number of thioether (sulfide) groups is 1. The van der Waals surface area contributed by atoms with Crippen molar-refractivity contribution in [2.75, 3.05) is 25.4 Å². The molecule has 3 N–H and O–H groups in total. The van der Waals surface area contributed by atoms with E-state index in [1.807, 2.05) is 36.4 Å². The van der Waals surface area contributed by atoms with Crippen LogP contribution >= 0.6 is 11.8 Å². The predicted molar refractivity (Wildman–Crippen MR) is 126 cm³/mol. The first-order valence-corrected chi connectivity index (χ1v) is 11.6. The van der Waals surface area contributed by atoms with Crippen LogP contribution in [0.15, 0.2) is 65.8 Å². The molecule has 30 heavy (non-hydrogen) atoms. The van der Waals surface area contributed by atoms with Gasteiger partial charge in [-0.2, -0.15) is 0 Å². The summed E-state index contributed by atoms with van der Waals surface area (Å²) in [7, 11) is 0. The van der Waals surface area contributed by atoms with Gasteiger partial charge in [-0.25, -0.2) is 4.98 Å². The van der Waals surface area contributed by atoms with Crippen molar-refractivity contribution in [2.24, 2.45) is 0 Å². The van der Waals surface area contributed by atoms with Gasteiger partial charge in [-0.1, -0.05) is 92.2 Å². The van der Waals surface area contributed by atoms with Crippen molar-refractivity contribution in [3.63, 3.8) is 0 Å². The Morgan fingerprint density at radius 1 is 0.933 bits per heavy atom. The predicted octanol–water partition coefficient (Wildman–Crippen LogP) is 4.73. The third-order valence-corrected chi connectivity index (χ3v) is 5.59. The number of carbonyl (C=O) groups is 1. The van der Waals surface area contributed by atoms with Gasteiger partial charge in [0.2, 0.25) is 5.91 Å². The molecule has 2 aromatic carbocycles. The summed E-state index contributed by atoms with van der Waals surface area (Å²) in [5.41, 5.74) is 4.01. The van der Waals surface area contributed by atoms with Gasteiger partial charge in [0, 0.05) is 24.2 Å². The summed E-state index contributed by atoms with van der Waals surface area (Å²) in [6.07, 6.45) is 3.65. The Morgan fingerprint density at radius 2 is 1.63 bits per heavy atom. The van der Waals surface area contributed by atoms with E-state index in [9.17, 15) is 4.79 Å². The fraction of sp³-hybridized carbons (Fsp3) is 0.333. The summed E-state index contributed by atoms with van der Waals surface area (Å²) in [5, 5.41) is 7.07. The highest BCUT2D eigenvalue weighted by molar-refractivity contribution is 7.99. The molecule has 0 fully saturated rings. The molecule has 0 atom stereocenters. The molecular weight excluding hydrogens is 392 g/mol. The van der Waals surface area contributed by atoms with E-state index in [1.54, 1.807) is 0 Å². The van der Waals surface area contributed by atoms with E-state index >= 15 is 0 Å². The molecule has 158 valence electrons. The summed E-state index contributed by atoms with van der Waals surface area (Å²) >= 11 is 1.43. The number of nitrogens with one attached hydrogen (secondary N) is 3. The number of H-pyrrole nitrogens is 1. The zero-order valence-electron chi connectivity index (χ0n) is 17.5. The minimum Gasteiger partial charge on any atom is -0.354 e. The van der Waals surface area contributed by atoms with Crippen molar-refractivity contribution in [1.29, 1.82) is 0 Å². The molecule has 0 saturated carbocycles. The highest BCUT2D eigenvalue weighted by atomic mass is 32.2. The van der Waals surface area contributed by atoms with E-state index in [2.05, 4.69) is 46.8 Å². The highest BCUT2D eigenvalue weighted by Gasteiger charge is 2.15. The smallest absolute Gasteiger partial charge is 0.230 e. The number of hydrogen-bond acceptors (Lipinski definition) is 4. The molecule has 1 aromatic heterocycles. The number of amides is 1. The Bertz CT molecular complexity index is 839. The zero-order chi connectivity index (χ0) is 21.0. The van der Waals surface area contributed by atoms with Crippen LogP contribution in [0.25, 0.3) is 22.5 Å². The molecule has 0 aliphatic heterocycles. The Morgan fingerprint density at radius 3 is 2.33 bits per heavy atom. The number of rotatable bonds is 12. The third-order valence-electron chi connectivity index (χ3n) is 4.71. The SMILES string of the molecule is CCCCCNCCNC(=O)CSc1nc(-c2ccccc2)c(-c2ccccc2)[nH]1. The van der Waals surface area contributed by atoms with Crippen LogP contribution in [0, 0.1) is 0 Å². The molecule has 0 aliphatic rings. The minimum atomic E-state index is 0.0225. The van der Waals surface area contributed by atoms with Crippen molar-refractivity contribution < 1.29 is 4.79 Å². The van der Waals surface area contributed by atoms with Gasteiger partial charge in [0.25, 0.3) is 0 Å². The topological polar surface area (TPSA) is 69.8 Å².